The summed E-state index contributed by atoms with van der Waals surface area (Å²) in [4.78, 5) is 22.9. The van der Waals surface area contributed by atoms with Crippen molar-refractivity contribution in [3.8, 4) is 0 Å². The van der Waals surface area contributed by atoms with Crippen LogP contribution in [-0.4, -0.2) is 17.0 Å². The molecule has 5 heteroatoms. The first-order valence-electron chi connectivity index (χ1n) is 6.27. The van der Waals surface area contributed by atoms with Crippen molar-refractivity contribution in [2.75, 3.05) is 0 Å². The zero-order valence-corrected chi connectivity index (χ0v) is 11.4. The molecule has 0 radical (unpaired) electrons. The van der Waals surface area contributed by atoms with Crippen LogP contribution in [0.25, 0.3) is 0 Å². The van der Waals surface area contributed by atoms with Crippen molar-refractivity contribution >= 4 is 23.5 Å². The summed E-state index contributed by atoms with van der Waals surface area (Å²) < 4.78 is 0. The number of amides is 1. The number of hydrogen-bond acceptors (Lipinski definition) is 2. The topological polar surface area (TPSA) is 66.4 Å². The van der Waals surface area contributed by atoms with Crippen LogP contribution in [0.5, 0.6) is 0 Å². The van der Waals surface area contributed by atoms with Gasteiger partial charge in [-0.2, -0.15) is 0 Å². The second kappa shape index (κ2) is 5.61. The molecule has 1 aliphatic rings. The molecular weight excluding hydrogens is 266 g/mol. The Kier molecular flexibility index (Phi) is 4.10. The van der Waals surface area contributed by atoms with Crippen molar-refractivity contribution in [3.63, 3.8) is 0 Å². The molecule has 0 saturated heterocycles. The van der Waals surface area contributed by atoms with E-state index in [2.05, 4.69) is 5.32 Å². The molecule has 0 aromatic heterocycles. The third-order valence-corrected chi connectivity index (χ3v) is 3.91. The van der Waals surface area contributed by atoms with Gasteiger partial charge in [0.15, 0.2) is 0 Å². The molecule has 3 atom stereocenters. The Bertz CT molecular complexity index is 486. The largest absolute Gasteiger partial charge is 0.481 e. The summed E-state index contributed by atoms with van der Waals surface area (Å²) in [6.45, 7) is 1.87. The van der Waals surface area contributed by atoms with E-state index >= 15 is 0 Å². The number of halogens is 1. The molecule has 1 aromatic rings. The summed E-state index contributed by atoms with van der Waals surface area (Å²) in [5, 5.41) is 12.4. The molecule has 1 aliphatic carbocycles. The second-order valence-electron chi connectivity index (χ2n) is 4.91. The Morgan fingerprint density at radius 1 is 1.26 bits per heavy atom. The van der Waals surface area contributed by atoms with Crippen LogP contribution in [0.3, 0.4) is 0 Å². The summed E-state index contributed by atoms with van der Waals surface area (Å²) in [5.74, 6) is -1.99. The van der Waals surface area contributed by atoms with Crippen LogP contribution in [0.4, 0.5) is 0 Å². The van der Waals surface area contributed by atoms with Gasteiger partial charge in [0, 0.05) is 5.02 Å². The van der Waals surface area contributed by atoms with Gasteiger partial charge in [-0.3, -0.25) is 9.59 Å². The molecule has 0 heterocycles. The summed E-state index contributed by atoms with van der Waals surface area (Å²) >= 11 is 5.81. The highest BCUT2D eigenvalue weighted by Crippen LogP contribution is 2.35. The second-order valence-corrected chi connectivity index (χ2v) is 5.35. The lowest BCUT2D eigenvalue weighted by Gasteiger charge is -2.33. The number of carbonyl (C=O) groups is 2. The number of benzene rings is 1. The highest BCUT2D eigenvalue weighted by atomic mass is 35.5. The molecule has 2 N–H and O–H groups in total. The molecule has 0 aliphatic heterocycles. The molecule has 1 saturated carbocycles. The highest BCUT2D eigenvalue weighted by Gasteiger charge is 2.41. The van der Waals surface area contributed by atoms with E-state index in [0.717, 1.165) is 5.56 Å². The summed E-state index contributed by atoms with van der Waals surface area (Å²) in [7, 11) is 0. The highest BCUT2D eigenvalue weighted by molar-refractivity contribution is 6.30. The predicted octanol–water partition coefficient (Wildman–Crippen LogP) is 2.63. The fraction of sp³-hybridized carbons (Fsp3) is 0.429. The van der Waals surface area contributed by atoms with Gasteiger partial charge in [0.2, 0.25) is 5.91 Å². The van der Waals surface area contributed by atoms with Crippen LogP contribution in [0, 0.1) is 11.8 Å². The first kappa shape index (κ1) is 13.9. The van der Waals surface area contributed by atoms with Gasteiger partial charge in [-0.05, 0) is 37.5 Å². The van der Waals surface area contributed by atoms with Crippen molar-refractivity contribution in [3.05, 3.63) is 34.9 Å². The minimum absolute atomic E-state index is 0.153. The van der Waals surface area contributed by atoms with Crippen LogP contribution >= 0.6 is 11.6 Å². The maximum atomic E-state index is 12.0. The van der Waals surface area contributed by atoms with E-state index in [-0.39, 0.29) is 11.9 Å². The van der Waals surface area contributed by atoms with Crippen molar-refractivity contribution < 1.29 is 14.7 Å². The van der Waals surface area contributed by atoms with Crippen molar-refractivity contribution in [1.29, 1.82) is 0 Å². The molecule has 3 unspecified atom stereocenters. The Morgan fingerprint density at radius 2 is 1.84 bits per heavy atom. The molecule has 1 fully saturated rings. The van der Waals surface area contributed by atoms with Gasteiger partial charge in [-0.1, -0.05) is 23.7 Å². The first-order valence-corrected chi connectivity index (χ1v) is 6.65. The van der Waals surface area contributed by atoms with E-state index in [1.54, 1.807) is 12.1 Å². The van der Waals surface area contributed by atoms with Crippen molar-refractivity contribution in [2.45, 2.75) is 25.8 Å². The third-order valence-electron chi connectivity index (χ3n) is 3.66. The van der Waals surface area contributed by atoms with E-state index in [1.807, 2.05) is 19.1 Å². The van der Waals surface area contributed by atoms with Gasteiger partial charge in [-0.25, -0.2) is 0 Å². The fourth-order valence-corrected chi connectivity index (χ4v) is 2.39. The van der Waals surface area contributed by atoms with Crippen LogP contribution < -0.4 is 5.32 Å². The number of carboxylic acids is 1. The molecule has 19 heavy (non-hydrogen) atoms. The summed E-state index contributed by atoms with van der Waals surface area (Å²) in [5.41, 5.74) is 0.948. The lowest BCUT2D eigenvalue weighted by atomic mass is 9.73. The quantitative estimate of drug-likeness (QED) is 0.891. The average Bonchev–Trinajstić information content (AvgIpc) is 2.27. The monoisotopic (exact) mass is 281 g/mol. The normalized spacial score (nSPS) is 23.3. The Balaban J connectivity index is 1.95. The standard InChI is InChI=1S/C14H16ClNO3/c1-8(9-2-4-10(15)5-3-9)16-13(17)11-6-7-12(11)14(18)19/h2-5,8,11-12H,6-7H2,1H3,(H,16,17)(H,18,19). The van der Waals surface area contributed by atoms with Crippen molar-refractivity contribution in [1.82, 2.24) is 5.32 Å². The van der Waals surface area contributed by atoms with Crippen LogP contribution in [0.15, 0.2) is 24.3 Å². The summed E-state index contributed by atoms with van der Waals surface area (Å²) in [6, 6.07) is 7.08. The Hall–Kier alpha value is -1.55. The smallest absolute Gasteiger partial charge is 0.307 e. The number of aliphatic carboxylic acids is 1. The van der Waals surface area contributed by atoms with Gasteiger partial charge in [0.25, 0.3) is 0 Å². The molecule has 0 bridgehead atoms. The molecule has 2 rings (SSSR count). The van der Waals surface area contributed by atoms with Gasteiger partial charge >= 0.3 is 5.97 Å². The number of carbonyl (C=O) groups excluding carboxylic acids is 1. The van der Waals surface area contributed by atoms with Gasteiger partial charge in [0.05, 0.1) is 17.9 Å². The van der Waals surface area contributed by atoms with E-state index in [1.165, 1.54) is 0 Å². The lowest BCUT2D eigenvalue weighted by molar-refractivity contribution is -0.152. The molecule has 102 valence electrons. The molecule has 4 nitrogen and oxygen atoms in total. The number of carboxylic acid groups (broad SMARTS) is 1. The van der Waals surface area contributed by atoms with Gasteiger partial charge in [0.1, 0.15) is 0 Å². The van der Waals surface area contributed by atoms with Crippen molar-refractivity contribution in [2.24, 2.45) is 11.8 Å². The van der Waals surface area contributed by atoms with Gasteiger partial charge < -0.3 is 10.4 Å². The lowest BCUT2D eigenvalue weighted by Crippen LogP contribution is -2.44. The van der Waals surface area contributed by atoms with Gasteiger partial charge in [-0.15, -0.1) is 0 Å². The van der Waals surface area contributed by atoms with Crippen LogP contribution in [-0.2, 0) is 9.59 Å². The zero-order valence-electron chi connectivity index (χ0n) is 10.6. The zero-order chi connectivity index (χ0) is 14.0. The fourth-order valence-electron chi connectivity index (χ4n) is 2.26. The van der Waals surface area contributed by atoms with E-state index in [0.29, 0.717) is 17.9 Å². The first-order chi connectivity index (χ1) is 8.99. The minimum Gasteiger partial charge on any atom is -0.481 e. The Labute approximate surface area is 116 Å². The van der Waals surface area contributed by atoms with E-state index in [9.17, 15) is 9.59 Å². The average molecular weight is 282 g/mol. The van der Waals surface area contributed by atoms with Crippen LogP contribution in [0.2, 0.25) is 5.02 Å². The SMILES string of the molecule is CC(NC(=O)C1CCC1C(=O)O)c1ccc(Cl)cc1. The van der Waals surface area contributed by atoms with Crippen LogP contribution in [0.1, 0.15) is 31.4 Å². The third kappa shape index (κ3) is 3.07. The molecule has 1 amide bonds. The number of hydrogen-bond donors (Lipinski definition) is 2. The molecular formula is C14H16ClNO3. The number of nitrogens with one attached hydrogen (secondary N) is 1. The van der Waals surface area contributed by atoms with E-state index < -0.39 is 17.8 Å². The minimum atomic E-state index is -0.884. The summed E-state index contributed by atoms with van der Waals surface area (Å²) in [6.07, 6.45) is 1.24. The Morgan fingerprint density at radius 3 is 2.32 bits per heavy atom. The maximum absolute atomic E-state index is 12.0. The maximum Gasteiger partial charge on any atom is 0.307 e. The predicted molar refractivity (Wildman–Crippen MR) is 71.9 cm³/mol. The molecule has 1 aromatic carbocycles. The van der Waals surface area contributed by atoms with E-state index in [4.69, 9.17) is 16.7 Å². The number of rotatable bonds is 4. The molecule has 0 spiro atoms.